The first-order valence-electron chi connectivity index (χ1n) is 9.26. The standard InChI is InChI=1S/C19H25N3O10/c1-18(2,3)32-17(25)19(20,16(24)31-5)10-12(15(23)30-4)8-11-6-7-13(21(26)27)14(9-11)22(28)29/h6-7,9,12H,8,10,20H2,1-5H3. The SMILES string of the molecule is COC(=O)C(Cc1ccc([N+](=O)[O-])c([N+](=O)[O-])c1)CC(N)(C(=O)OC)C(=O)OC(C)(C)C. The lowest BCUT2D eigenvalue weighted by atomic mass is 9.84. The van der Waals surface area contributed by atoms with Crippen molar-refractivity contribution in [2.45, 2.75) is 44.8 Å². The third kappa shape index (κ3) is 6.44. The lowest BCUT2D eigenvalue weighted by Gasteiger charge is -2.31. The van der Waals surface area contributed by atoms with Crippen LogP contribution in [-0.4, -0.2) is 53.1 Å². The Bertz CT molecular complexity index is 924. The Morgan fingerprint density at radius 3 is 2.00 bits per heavy atom. The lowest BCUT2D eigenvalue weighted by Crippen LogP contribution is -2.59. The summed E-state index contributed by atoms with van der Waals surface area (Å²) in [5.41, 5.74) is 1.29. The number of benzene rings is 1. The highest BCUT2D eigenvalue weighted by Crippen LogP contribution is 2.30. The highest BCUT2D eigenvalue weighted by Gasteiger charge is 2.49. The van der Waals surface area contributed by atoms with Crippen LogP contribution >= 0.6 is 0 Å². The zero-order valence-electron chi connectivity index (χ0n) is 18.3. The maximum absolute atomic E-state index is 12.7. The molecule has 1 rings (SSSR count). The summed E-state index contributed by atoms with van der Waals surface area (Å²) in [6.45, 7) is 4.66. The van der Waals surface area contributed by atoms with Crippen molar-refractivity contribution in [1.82, 2.24) is 0 Å². The van der Waals surface area contributed by atoms with Crippen LogP contribution in [0.2, 0.25) is 0 Å². The average Bonchev–Trinajstić information content (AvgIpc) is 2.70. The van der Waals surface area contributed by atoms with E-state index in [4.69, 9.17) is 15.2 Å². The maximum atomic E-state index is 12.7. The van der Waals surface area contributed by atoms with Gasteiger partial charge in [-0.2, -0.15) is 0 Å². The topological polar surface area (TPSA) is 191 Å². The second-order valence-electron chi connectivity index (χ2n) is 7.93. The normalized spacial score (nSPS) is 13.9. The molecule has 0 spiro atoms. The second kappa shape index (κ2) is 10.1. The molecule has 0 saturated heterocycles. The minimum atomic E-state index is -2.38. The molecule has 0 radical (unpaired) electrons. The number of nitrogens with zero attached hydrogens (tertiary/aromatic N) is 2. The van der Waals surface area contributed by atoms with Gasteiger partial charge in [0.1, 0.15) is 5.60 Å². The number of methoxy groups -OCH3 is 2. The first-order chi connectivity index (χ1) is 14.7. The minimum absolute atomic E-state index is 0.147. The molecule has 13 nitrogen and oxygen atoms in total. The fourth-order valence-electron chi connectivity index (χ4n) is 2.88. The summed E-state index contributed by atoms with van der Waals surface area (Å²) in [7, 11) is 2.07. The van der Waals surface area contributed by atoms with Crippen molar-refractivity contribution in [2.24, 2.45) is 11.7 Å². The summed E-state index contributed by atoms with van der Waals surface area (Å²) < 4.78 is 14.6. The van der Waals surface area contributed by atoms with Crippen LogP contribution in [0.4, 0.5) is 11.4 Å². The van der Waals surface area contributed by atoms with Gasteiger partial charge in [-0.05, 0) is 32.8 Å². The second-order valence-corrected chi connectivity index (χ2v) is 7.93. The molecule has 0 aliphatic carbocycles. The third-order valence-corrected chi connectivity index (χ3v) is 4.33. The van der Waals surface area contributed by atoms with Crippen molar-refractivity contribution in [1.29, 1.82) is 0 Å². The van der Waals surface area contributed by atoms with Gasteiger partial charge in [0.25, 0.3) is 0 Å². The fraction of sp³-hybridized carbons (Fsp3) is 0.526. The van der Waals surface area contributed by atoms with Gasteiger partial charge in [0, 0.05) is 18.6 Å². The quantitative estimate of drug-likeness (QED) is 0.186. The molecule has 0 heterocycles. The first kappa shape index (κ1) is 26.4. The van der Waals surface area contributed by atoms with Crippen molar-refractivity contribution in [3.8, 4) is 0 Å². The number of carbonyl (C=O) groups is 3. The van der Waals surface area contributed by atoms with E-state index in [-0.39, 0.29) is 12.0 Å². The van der Waals surface area contributed by atoms with E-state index in [1.54, 1.807) is 20.8 Å². The molecule has 2 atom stereocenters. The van der Waals surface area contributed by atoms with E-state index in [9.17, 15) is 34.6 Å². The zero-order valence-corrected chi connectivity index (χ0v) is 18.3. The molecule has 0 bridgehead atoms. The molecule has 13 heteroatoms. The molecule has 0 saturated carbocycles. The summed E-state index contributed by atoms with van der Waals surface area (Å²) in [6.07, 6.45) is -0.879. The smallest absolute Gasteiger partial charge is 0.346 e. The minimum Gasteiger partial charge on any atom is -0.469 e. The van der Waals surface area contributed by atoms with Crippen molar-refractivity contribution in [2.75, 3.05) is 14.2 Å². The van der Waals surface area contributed by atoms with E-state index >= 15 is 0 Å². The molecule has 0 amide bonds. The molecule has 2 N–H and O–H groups in total. The highest BCUT2D eigenvalue weighted by atomic mass is 16.6. The predicted octanol–water partition coefficient (Wildman–Crippen LogP) is 1.44. The van der Waals surface area contributed by atoms with Crippen LogP contribution in [0.1, 0.15) is 32.8 Å². The summed E-state index contributed by atoms with van der Waals surface area (Å²) >= 11 is 0. The van der Waals surface area contributed by atoms with Gasteiger partial charge < -0.3 is 19.9 Å². The van der Waals surface area contributed by atoms with Crippen LogP contribution in [0.3, 0.4) is 0 Å². The van der Waals surface area contributed by atoms with Gasteiger partial charge >= 0.3 is 29.3 Å². The number of nitro benzene ring substituents is 2. The van der Waals surface area contributed by atoms with Gasteiger partial charge in [-0.3, -0.25) is 25.0 Å². The zero-order chi connectivity index (χ0) is 24.9. The number of nitro groups is 2. The van der Waals surface area contributed by atoms with Crippen molar-refractivity contribution < 1.29 is 38.4 Å². The highest BCUT2D eigenvalue weighted by molar-refractivity contribution is 6.05. The summed E-state index contributed by atoms with van der Waals surface area (Å²) in [5.74, 6) is -4.40. The van der Waals surface area contributed by atoms with Gasteiger partial charge in [0.15, 0.2) is 0 Å². The van der Waals surface area contributed by atoms with E-state index in [1.165, 1.54) is 6.07 Å². The third-order valence-electron chi connectivity index (χ3n) is 4.33. The van der Waals surface area contributed by atoms with Crippen molar-refractivity contribution >= 4 is 29.3 Å². The van der Waals surface area contributed by atoms with E-state index in [2.05, 4.69) is 4.74 Å². The molecule has 32 heavy (non-hydrogen) atoms. The molecule has 2 unspecified atom stereocenters. The first-order valence-corrected chi connectivity index (χ1v) is 9.26. The van der Waals surface area contributed by atoms with Gasteiger partial charge in [-0.25, -0.2) is 9.59 Å². The predicted molar refractivity (Wildman–Crippen MR) is 108 cm³/mol. The number of rotatable bonds is 9. The fourth-order valence-corrected chi connectivity index (χ4v) is 2.88. The van der Waals surface area contributed by atoms with Gasteiger partial charge in [-0.15, -0.1) is 0 Å². The van der Waals surface area contributed by atoms with E-state index < -0.39 is 62.6 Å². The molecule has 1 aromatic carbocycles. The molecule has 0 aliphatic heterocycles. The van der Waals surface area contributed by atoms with E-state index in [0.717, 1.165) is 26.4 Å². The molecular formula is C19H25N3O10. The number of hydrogen-bond acceptors (Lipinski definition) is 11. The van der Waals surface area contributed by atoms with Crippen molar-refractivity contribution in [3.05, 3.63) is 44.0 Å². The van der Waals surface area contributed by atoms with Gasteiger partial charge in [-0.1, -0.05) is 6.07 Å². The summed E-state index contributed by atoms with van der Waals surface area (Å²) in [4.78, 5) is 57.8. The average molecular weight is 455 g/mol. The van der Waals surface area contributed by atoms with Crippen LogP contribution in [-0.2, 0) is 35.0 Å². The molecule has 1 aromatic rings. The Labute approximate surface area is 183 Å². The van der Waals surface area contributed by atoms with Crippen LogP contribution in [0.25, 0.3) is 0 Å². The number of carbonyl (C=O) groups excluding carboxylic acids is 3. The number of nitrogens with two attached hydrogens (primary N) is 1. The van der Waals surface area contributed by atoms with E-state index in [1.807, 2.05) is 0 Å². The van der Waals surface area contributed by atoms with Crippen LogP contribution < -0.4 is 5.73 Å². The van der Waals surface area contributed by atoms with Crippen LogP contribution in [0.5, 0.6) is 0 Å². The Hall–Kier alpha value is -3.61. The van der Waals surface area contributed by atoms with E-state index in [0.29, 0.717) is 0 Å². The Kier molecular flexibility index (Phi) is 8.37. The monoisotopic (exact) mass is 455 g/mol. The van der Waals surface area contributed by atoms with Crippen LogP contribution in [0, 0.1) is 26.1 Å². The summed E-state index contributed by atoms with van der Waals surface area (Å²) in [5, 5.41) is 22.2. The van der Waals surface area contributed by atoms with Crippen LogP contribution in [0.15, 0.2) is 18.2 Å². The molecule has 0 fully saturated rings. The largest absolute Gasteiger partial charge is 0.469 e. The maximum Gasteiger partial charge on any atom is 0.346 e. The molecule has 0 aliphatic rings. The van der Waals surface area contributed by atoms with Gasteiger partial charge in [0.05, 0.1) is 30.0 Å². The summed E-state index contributed by atoms with van der Waals surface area (Å²) in [6, 6.07) is 3.06. The molecular weight excluding hydrogens is 430 g/mol. The van der Waals surface area contributed by atoms with Crippen molar-refractivity contribution in [3.63, 3.8) is 0 Å². The Morgan fingerprint density at radius 1 is 1.00 bits per heavy atom. The number of esters is 3. The number of ether oxygens (including phenoxy) is 3. The lowest BCUT2D eigenvalue weighted by molar-refractivity contribution is -0.422. The molecule has 176 valence electrons. The Balaban J connectivity index is 3.38. The Morgan fingerprint density at radius 2 is 1.56 bits per heavy atom. The number of hydrogen-bond donors (Lipinski definition) is 1. The van der Waals surface area contributed by atoms with Gasteiger partial charge in [0.2, 0.25) is 5.54 Å². The molecule has 0 aromatic heterocycles.